The van der Waals surface area contributed by atoms with Gasteiger partial charge in [0.05, 0.1) is 14.0 Å². The smallest absolute Gasteiger partial charge is 0.335 e. The maximum absolute atomic E-state index is 10.4. The number of methoxy groups -OCH3 is 1. The van der Waals surface area contributed by atoms with Crippen LogP contribution in [0.5, 0.6) is 5.75 Å². The molecule has 1 aromatic rings. The van der Waals surface area contributed by atoms with Gasteiger partial charge in [-0.15, -0.1) is 0 Å². The van der Waals surface area contributed by atoms with E-state index in [1.165, 1.54) is 25.3 Å². The van der Waals surface area contributed by atoms with Gasteiger partial charge in [0.25, 0.3) is 0 Å². The van der Waals surface area contributed by atoms with Gasteiger partial charge in [-0.3, -0.25) is 0 Å². The highest BCUT2D eigenvalue weighted by atomic mass is 16.5. The van der Waals surface area contributed by atoms with Crippen molar-refractivity contribution in [1.82, 2.24) is 0 Å². The minimum atomic E-state index is -1.04. The van der Waals surface area contributed by atoms with E-state index in [0.29, 0.717) is 5.75 Å². The fourth-order valence-electron chi connectivity index (χ4n) is 0.671. The molecule has 0 bridgehead atoms. The van der Waals surface area contributed by atoms with Crippen molar-refractivity contribution in [2.45, 2.75) is 0 Å². The zero-order chi connectivity index (χ0) is 9.14. The van der Waals surface area contributed by atoms with Crippen LogP contribution in [0.2, 0.25) is 0 Å². The Labute approximate surface area is 65.6 Å². The van der Waals surface area contributed by atoms with E-state index in [1.807, 2.05) is 0 Å². The van der Waals surface area contributed by atoms with Crippen molar-refractivity contribution in [1.29, 1.82) is 0 Å². The number of hydrogen-bond acceptors (Lipinski definition) is 2. The molecule has 0 aliphatic carbocycles. The molecule has 0 saturated heterocycles. The van der Waals surface area contributed by atoms with Crippen LogP contribution >= 0.6 is 0 Å². The zero-order valence-corrected chi connectivity index (χ0v) is 6.00. The molecular weight excluding hydrogens is 144 g/mol. The van der Waals surface area contributed by atoms with Gasteiger partial charge < -0.3 is 9.84 Å². The standard InChI is InChI=1S/C8H8O3/c1-11-7-4-2-6(3-5-7)8(9)10/h2-5H,1H3,(H,9,10)/i4D. The van der Waals surface area contributed by atoms with Gasteiger partial charge in [-0.2, -0.15) is 0 Å². The molecule has 0 radical (unpaired) electrons. The van der Waals surface area contributed by atoms with Gasteiger partial charge in [0.15, 0.2) is 0 Å². The summed E-state index contributed by atoms with van der Waals surface area (Å²) in [4.78, 5) is 10.4. The molecule has 0 aromatic heterocycles. The molecule has 0 saturated carbocycles. The Morgan fingerprint density at radius 2 is 2.36 bits per heavy atom. The first-order valence-corrected chi connectivity index (χ1v) is 3.03. The largest absolute Gasteiger partial charge is 0.497 e. The number of carboxylic acids is 1. The van der Waals surface area contributed by atoms with Crippen LogP contribution in [0.1, 0.15) is 11.7 Å². The highest BCUT2D eigenvalue weighted by Crippen LogP contribution is 2.10. The molecular formula is C8H8O3. The first-order chi connectivity index (χ1) is 5.65. The molecule has 1 rings (SSSR count). The molecule has 1 aromatic carbocycles. The van der Waals surface area contributed by atoms with Crippen LogP contribution in [0, 0.1) is 0 Å². The van der Waals surface area contributed by atoms with Crippen LogP contribution in [0.15, 0.2) is 24.2 Å². The molecule has 0 aliphatic rings. The van der Waals surface area contributed by atoms with Gasteiger partial charge in [-0.05, 0) is 24.2 Å². The number of carboxylic acid groups (broad SMARTS) is 1. The summed E-state index contributed by atoms with van der Waals surface area (Å²) in [5, 5.41) is 8.55. The lowest BCUT2D eigenvalue weighted by atomic mass is 10.2. The van der Waals surface area contributed by atoms with E-state index in [0.717, 1.165) is 0 Å². The molecule has 0 aliphatic heterocycles. The Balaban J connectivity index is 3.10. The molecule has 0 fully saturated rings. The lowest BCUT2D eigenvalue weighted by Gasteiger charge is -1.98. The fraction of sp³-hybridized carbons (Fsp3) is 0.125. The fourth-order valence-corrected chi connectivity index (χ4v) is 0.671. The summed E-state index contributed by atoms with van der Waals surface area (Å²) in [6.45, 7) is 0. The van der Waals surface area contributed by atoms with Crippen LogP contribution in [-0.4, -0.2) is 18.2 Å². The van der Waals surface area contributed by atoms with Gasteiger partial charge in [0.1, 0.15) is 5.75 Å². The average molecular weight is 153 g/mol. The molecule has 0 atom stereocenters. The summed E-state index contributed by atoms with van der Waals surface area (Å²) in [6.07, 6.45) is 0. The monoisotopic (exact) mass is 153 g/mol. The third-order valence-electron chi connectivity index (χ3n) is 1.25. The number of aromatic carboxylic acids is 1. The van der Waals surface area contributed by atoms with Crippen LogP contribution in [0.4, 0.5) is 0 Å². The molecule has 0 unspecified atom stereocenters. The third-order valence-corrected chi connectivity index (χ3v) is 1.25. The minimum Gasteiger partial charge on any atom is -0.497 e. The second kappa shape index (κ2) is 3.05. The first-order valence-electron chi connectivity index (χ1n) is 3.53. The van der Waals surface area contributed by atoms with E-state index >= 15 is 0 Å². The normalized spacial score (nSPS) is 10.5. The van der Waals surface area contributed by atoms with Crippen molar-refractivity contribution in [3.05, 3.63) is 29.8 Å². The lowest BCUT2D eigenvalue weighted by Crippen LogP contribution is -1.95. The van der Waals surface area contributed by atoms with Crippen molar-refractivity contribution in [2.75, 3.05) is 7.11 Å². The molecule has 0 amide bonds. The van der Waals surface area contributed by atoms with Crippen molar-refractivity contribution >= 4 is 5.97 Å². The molecule has 0 heterocycles. The van der Waals surface area contributed by atoms with Crippen molar-refractivity contribution < 1.29 is 16.0 Å². The summed E-state index contributed by atoms with van der Waals surface area (Å²) in [6, 6.07) is 4.20. The van der Waals surface area contributed by atoms with E-state index in [1.54, 1.807) is 0 Å². The van der Waals surface area contributed by atoms with Crippen molar-refractivity contribution in [3.8, 4) is 5.75 Å². The Bertz CT molecular complexity index is 309. The number of ether oxygens (including phenoxy) is 1. The van der Waals surface area contributed by atoms with Crippen molar-refractivity contribution in [2.24, 2.45) is 0 Å². The molecule has 3 nitrogen and oxygen atoms in total. The van der Waals surface area contributed by atoms with E-state index in [-0.39, 0.29) is 11.6 Å². The van der Waals surface area contributed by atoms with E-state index in [4.69, 9.17) is 11.2 Å². The second-order valence-corrected chi connectivity index (χ2v) is 1.95. The number of rotatable bonds is 2. The van der Waals surface area contributed by atoms with Crippen LogP contribution in [0.3, 0.4) is 0 Å². The summed E-state index contributed by atoms with van der Waals surface area (Å²) in [5.41, 5.74) is 0.0980. The first kappa shape index (κ1) is 6.22. The van der Waals surface area contributed by atoms with Crippen LogP contribution < -0.4 is 4.74 Å². The highest BCUT2D eigenvalue weighted by molar-refractivity contribution is 5.87. The number of carbonyl (C=O) groups is 1. The van der Waals surface area contributed by atoms with Gasteiger partial charge in [0.2, 0.25) is 0 Å². The van der Waals surface area contributed by atoms with Gasteiger partial charge in [0, 0.05) is 0 Å². The predicted octanol–water partition coefficient (Wildman–Crippen LogP) is 1.39. The SMILES string of the molecule is [2H]c1cc(C(=O)O)ccc1OC. The minimum absolute atomic E-state index is 0.0809. The van der Waals surface area contributed by atoms with Crippen LogP contribution in [0.25, 0.3) is 0 Å². The Morgan fingerprint density at radius 1 is 1.64 bits per heavy atom. The zero-order valence-electron chi connectivity index (χ0n) is 7.00. The maximum atomic E-state index is 10.4. The quantitative estimate of drug-likeness (QED) is 0.698. The Kier molecular flexibility index (Phi) is 1.73. The molecule has 58 valence electrons. The Morgan fingerprint density at radius 3 is 2.82 bits per heavy atom. The molecule has 0 spiro atoms. The van der Waals surface area contributed by atoms with Gasteiger partial charge in [-0.1, -0.05) is 0 Å². The average Bonchev–Trinajstić information content (AvgIpc) is 2.04. The lowest BCUT2D eigenvalue weighted by molar-refractivity contribution is 0.0697. The Hall–Kier alpha value is -1.51. The molecule has 11 heavy (non-hydrogen) atoms. The molecule has 3 heteroatoms. The maximum Gasteiger partial charge on any atom is 0.335 e. The van der Waals surface area contributed by atoms with Crippen LogP contribution in [-0.2, 0) is 0 Å². The third kappa shape index (κ3) is 1.70. The van der Waals surface area contributed by atoms with Crippen molar-refractivity contribution in [3.63, 3.8) is 0 Å². The summed E-state index contributed by atoms with van der Waals surface area (Å²) in [5.74, 6) is -0.661. The number of benzene rings is 1. The van der Waals surface area contributed by atoms with E-state index in [9.17, 15) is 4.79 Å². The predicted molar refractivity (Wildman–Crippen MR) is 40.0 cm³/mol. The van der Waals surface area contributed by atoms with Gasteiger partial charge in [-0.25, -0.2) is 4.79 Å². The highest BCUT2D eigenvalue weighted by Gasteiger charge is 2.00. The van der Waals surface area contributed by atoms with E-state index < -0.39 is 5.97 Å². The topological polar surface area (TPSA) is 46.5 Å². The number of hydrogen-bond donors (Lipinski definition) is 1. The summed E-state index contributed by atoms with van der Waals surface area (Å²) >= 11 is 0. The van der Waals surface area contributed by atoms with E-state index in [2.05, 4.69) is 0 Å². The molecule has 1 N–H and O–H groups in total. The summed E-state index contributed by atoms with van der Waals surface area (Å²) in [7, 11) is 1.44. The van der Waals surface area contributed by atoms with Gasteiger partial charge >= 0.3 is 5.97 Å². The second-order valence-electron chi connectivity index (χ2n) is 1.95. The summed E-state index contributed by atoms with van der Waals surface area (Å²) < 4.78 is 12.1.